The van der Waals surface area contributed by atoms with Gasteiger partial charge < -0.3 is 4.74 Å². The van der Waals surface area contributed by atoms with Crippen molar-refractivity contribution in [2.75, 3.05) is 13.6 Å². The van der Waals surface area contributed by atoms with E-state index in [-0.39, 0.29) is 5.60 Å². The molecule has 2 aromatic carbocycles. The summed E-state index contributed by atoms with van der Waals surface area (Å²) in [4.78, 5) is 2.26. The molecule has 2 heteroatoms. The first-order chi connectivity index (χ1) is 11.6. The standard InChI is InChI=1S/C22H27NO/c1-22(2,24-19-21-14-8-5-9-15-21)16-10-11-17-23(3)18-20-12-6-4-7-13-20/h4-9,11-16H,17-19H2,1-3H3. The smallest absolute Gasteiger partial charge is 0.0884 e. The van der Waals surface area contributed by atoms with Crippen LogP contribution >= 0.6 is 0 Å². The van der Waals surface area contributed by atoms with Crippen molar-refractivity contribution in [2.45, 2.75) is 32.6 Å². The molecule has 0 aromatic heterocycles. The van der Waals surface area contributed by atoms with Crippen LogP contribution in [-0.4, -0.2) is 24.1 Å². The van der Waals surface area contributed by atoms with Crippen LogP contribution < -0.4 is 0 Å². The van der Waals surface area contributed by atoms with Crippen LogP contribution in [-0.2, 0) is 17.9 Å². The molecule has 24 heavy (non-hydrogen) atoms. The van der Waals surface area contributed by atoms with Crippen molar-refractivity contribution in [2.24, 2.45) is 0 Å². The molecule has 0 aliphatic rings. The number of benzene rings is 2. The first kappa shape index (κ1) is 18.2. The Balaban J connectivity index is 1.78. The highest BCUT2D eigenvalue weighted by Crippen LogP contribution is 2.14. The highest BCUT2D eigenvalue weighted by Gasteiger charge is 2.13. The number of rotatable bonds is 8. The van der Waals surface area contributed by atoms with Gasteiger partial charge in [0.1, 0.15) is 0 Å². The van der Waals surface area contributed by atoms with Crippen molar-refractivity contribution in [3.8, 4) is 0 Å². The van der Waals surface area contributed by atoms with E-state index >= 15 is 0 Å². The third-order valence-corrected chi connectivity index (χ3v) is 3.70. The lowest BCUT2D eigenvalue weighted by Crippen LogP contribution is -2.20. The Morgan fingerprint density at radius 3 is 2.17 bits per heavy atom. The first-order valence-corrected chi connectivity index (χ1v) is 8.38. The van der Waals surface area contributed by atoms with Gasteiger partial charge in [0, 0.05) is 13.1 Å². The minimum absolute atomic E-state index is 0.329. The van der Waals surface area contributed by atoms with Crippen LogP contribution in [0.4, 0.5) is 0 Å². The van der Waals surface area contributed by atoms with Crippen molar-refractivity contribution < 1.29 is 4.74 Å². The van der Waals surface area contributed by atoms with Gasteiger partial charge in [0.2, 0.25) is 0 Å². The van der Waals surface area contributed by atoms with Crippen LogP contribution in [0.25, 0.3) is 0 Å². The van der Waals surface area contributed by atoms with E-state index in [2.05, 4.69) is 74.0 Å². The second kappa shape index (κ2) is 9.24. The molecule has 0 saturated heterocycles. The molecule has 2 aromatic rings. The van der Waals surface area contributed by atoms with Crippen LogP contribution in [0.2, 0.25) is 0 Å². The lowest BCUT2D eigenvalue weighted by atomic mass is 10.1. The zero-order chi connectivity index (χ0) is 17.3. The van der Waals surface area contributed by atoms with Crippen molar-refractivity contribution in [3.63, 3.8) is 0 Å². The lowest BCUT2D eigenvalue weighted by molar-refractivity contribution is 0.00726. The maximum atomic E-state index is 5.97. The molecule has 0 saturated carbocycles. The second-order valence-electron chi connectivity index (χ2n) is 6.58. The molecule has 0 fully saturated rings. The van der Waals surface area contributed by atoms with Crippen LogP contribution in [0, 0.1) is 0 Å². The van der Waals surface area contributed by atoms with Gasteiger partial charge in [-0.3, -0.25) is 4.90 Å². The molecule has 126 valence electrons. The van der Waals surface area contributed by atoms with E-state index in [0.717, 1.165) is 13.1 Å². The molecule has 0 unspecified atom stereocenters. The van der Waals surface area contributed by atoms with Crippen LogP contribution in [0.5, 0.6) is 0 Å². The Kier molecular flexibility index (Phi) is 7.02. The van der Waals surface area contributed by atoms with E-state index in [0.29, 0.717) is 6.61 Å². The summed E-state index contributed by atoms with van der Waals surface area (Å²) in [6, 6.07) is 20.7. The highest BCUT2D eigenvalue weighted by molar-refractivity contribution is 5.15. The van der Waals surface area contributed by atoms with Gasteiger partial charge in [0.25, 0.3) is 0 Å². The summed E-state index contributed by atoms with van der Waals surface area (Å²) in [7, 11) is 2.11. The van der Waals surface area contributed by atoms with E-state index in [9.17, 15) is 0 Å². The molecule has 0 N–H and O–H groups in total. The molecule has 0 radical (unpaired) electrons. The first-order valence-electron chi connectivity index (χ1n) is 8.38. The van der Waals surface area contributed by atoms with E-state index in [4.69, 9.17) is 4.74 Å². The zero-order valence-electron chi connectivity index (χ0n) is 14.9. The fourth-order valence-electron chi connectivity index (χ4n) is 2.31. The van der Waals surface area contributed by atoms with Gasteiger partial charge >= 0.3 is 0 Å². The van der Waals surface area contributed by atoms with Crippen molar-refractivity contribution in [3.05, 3.63) is 89.7 Å². The summed E-state index contributed by atoms with van der Waals surface area (Å²) in [6.45, 7) is 6.53. The van der Waals surface area contributed by atoms with Crippen LogP contribution in [0.1, 0.15) is 25.0 Å². The summed E-state index contributed by atoms with van der Waals surface area (Å²) in [6.07, 6.45) is 4.04. The van der Waals surface area contributed by atoms with Crippen LogP contribution in [0.3, 0.4) is 0 Å². The lowest BCUT2D eigenvalue weighted by Gasteiger charge is -2.20. The molecule has 0 bridgehead atoms. The van der Waals surface area contributed by atoms with Gasteiger partial charge in [0.05, 0.1) is 12.2 Å². The Bertz CT molecular complexity index is 655. The molecule has 0 spiro atoms. The zero-order valence-corrected chi connectivity index (χ0v) is 14.9. The molecule has 0 aliphatic carbocycles. The predicted molar refractivity (Wildman–Crippen MR) is 101 cm³/mol. The van der Waals surface area contributed by atoms with Gasteiger partial charge in [-0.15, -0.1) is 5.73 Å². The second-order valence-corrected chi connectivity index (χ2v) is 6.58. The van der Waals surface area contributed by atoms with Gasteiger partial charge in [-0.2, -0.15) is 0 Å². The third kappa shape index (κ3) is 6.97. The molecule has 2 nitrogen and oxygen atoms in total. The molecular weight excluding hydrogens is 294 g/mol. The van der Waals surface area contributed by atoms with Crippen LogP contribution in [0.15, 0.2) is 78.5 Å². The molecule has 2 rings (SSSR count). The SMILES string of the molecule is CN(CC=C=CC(C)(C)OCc1ccccc1)Cc1ccccc1. The summed E-state index contributed by atoms with van der Waals surface area (Å²) in [5.41, 5.74) is 5.44. The highest BCUT2D eigenvalue weighted by atomic mass is 16.5. The van der Waals surface area contributed by atoms with E-state index in [1.807, 2.05) is 30.3 Å². The molecule has 0 amide bonds. The van der Waals surface area contributed by atoms with Gasteiger partial charge in [0.15, 0.2) is 0 Å². The maximum Gasteiger partial charge on any atom is 0.0884 e. The number of nitrogens with zero attached hydrogens (tertiary/aromatic N) is 1. The Hall–Kier alpha value is -2.12. The summed E-state index contributed by atoms with van der Waals surface area (Å²) in [5, 5.41) is 0. The quantitative estimate of drug-likeness (QED) is 0.646. The monoisotopic (exact) mass is 321 g/mol. The molecular formula is C22H27NO. The fourth-order valence-corrected chi connectivity index (χ4v) is 2.31. The summed E-state index contributed by atoms with van der Waals surface area (Å²) >= 11 is 0. The topological polar surface area (TPSA) is 12.5 Å². The summed E-state index contributed by atoms with van der Waals surface area (Å²) in [5.74, 6) is 0. The number of hydrogen-bond acceptors (Lipinski definition) is 2. The number of hydrogen-bond donors (Lipinski definition) is 0. The third-order valence-electron chi connectivity index (χ3n) is 3.70. The average molecular weight is 321 g/mol. The Morgan fingerprint density at radius 2 is 1.54 bits per heavy atom. The van der Waals surface area contributed by atoms with E-state index in [1.54, 1.807) is 0 Å². The Morgan fingerprint density at radius 1 is 0.958 bits per heavy atom. The van der Waals surface area contributed by atoms with Crippen molar-refractivity contribution in [1.82, 2.24) is 4.90 Å². The van der Waals surface area contributed by atoms with E-state index < -0.39 is 0 Å². The molecule has 0 aliphatic heterocycles. The van der Waals surface area contributed by atoms with E-state index in [1.165, 1.54) is 11.1 Å². The number of ether oxygens (including phenoxy) is 1. The van der Waals surface area contributed by atoms with Gasteiger partial charge in [-0.05, 0) is 44.2 Å². The average Bonchev–Trinajstić information content (AvgIpc) is 2.59. The molecule has 0 atom stereocenters. The van der Waals surface area contributed by atoms with Crippen molar-refractivity contribution in [1.29, 1.82) is 0 Å². The minimum Gasteiger partial charge on any atom is -0.366 e. The Labute approximate surface area is 146 Å². The fraction of sp³-hybridized carbons (Fsp3) is 0.318. The normalized spacial score (nSPS) is 11.2. The minimum atomic E-state index is -0.329. The van der Waals surface area contributed by atoms with Gasteiger partial charge in [-0.25, -0.2) is 0 Å². The maximum absolute atomic E-state index is 5.97. The number of likely N-dealkylation sites (N-methyl/N-ethyl adjacent to an activating group) is 1. The molecule has 0 heterocycles. The predicted octanol–water partition coefficient (Wildman–Crippen LogP) is 4.83. The largest absolute Gasteiger partial charge is 0.366 e. The van der Waals surface area contributed by atoms with Crippen molar-refractivity contribution >= 4 is 0 Å². The summed E-state index contributed by atoms with van der Waals surface area (Å²) < 4.78 is 5.97. The van der Waals surface area contributed by atoms with Gasteiger partial charge in [-0.1, -0.05) is 60.7 Å².